The van der Waals surface area contributed by atoms with Crippen LogP contribution in [0.3, 0.4) is 0 Å². The van der Waals surface area contributed by atoms with E-state index in [9.17, 15) is 4.79 Å². The van der Waals surface area contributed by atoms with Crippen LogP contribution in [0.5, 0.6) is 0 Å². The van der Waals surface area contributed by atoms with Gasteiger partial charge < -0.3 is 10.4 Å². The van der Waals surface area contributed by atoms with E-state index < -0.39 is 0 Å². The average molecular weight is 304 g/mol. The number of aryl methyl sites for hydroxylation is 1. The Kier molecular flexibility index (Phi) is 5.37. The molecule has 0 spiro atoms. The number of nitrogens with one attached hydrogen (secondary N) is 1. The van der Waals surface area contributed by atoms with Crippen LogP contribution in [-0.4, -0.2) is 17.6 Å². The van der Waals surface area contributed by atoms with Crippen LogP contribution in [0.1, 0.15) is 27.0 Å². The van der Waals surface area contributed by atoms with E-state index >= 15 is 0 Å². The molecular weight excluding hydrogens is 286 g/mol. The number of carbonyl (C=O) groups excluding carboxylic acids is 1. The second-order valence-electron chi connectivity index (χ2n) is 4.92. The molecule has 1 amide bonds. The molecule has 0 bridgehead atoms. The average Bonchev–Trinajstić information content (AvgIpc) is 2.50. The number of carbonyl (C=O) groups is 1. The van der Waals surface area contributed by atoms with E-state index in [-0.39, 0.29) is 12.5 Å². The van der Waals surface area contributed by atoms with Crippen molar-refractivity contribution in [1.29, 1.82) is 0 Å². The third-order valence-corrected chi connectivity index (χ3v) is 3.84. The molecule has 0 aromatic heterocycles. The zero-order chi connectivity index (χ0) is 15.2. The van der Waals surface area contributed by atoms with Crippen LogP contribution in [0.4, 0.5) is 0 Å². The fraction of sp³-hybridized carbons (Fsp3) is 0.235. The molecule has 0 aliphatic rings. The summed E-state index contributed by atoms with van der Waals surface area (Å²) in [4.78, 5) is 12.1. The highest BCUT2D eigenvalue weighted by Crippen LogP contribution is 2.19. The smallest absolute Gasteiger partial charge is 0.252 e. The molecule has 0 unspecified atom stereocenters. The minimum absolute atomic E-state index is 0.0445. The number of amides is 1. The predicted molar refractivity (Wildman–Crippen MR) is 84.6 cm³/mol. The van der Waals surface area contributed by atoms with Crippen molar-refractivity contribution < 1.29 is 9.90 Å². The third-order valence-electron chi connectivity index (χ3n) is 3.34. The fourth-order valence-electron chi connectivity index (χ4n) is 2.05. The number of hydrogen-bond acceptors (Lipinski definition) is 2. The lowest BCUT2D eigenvalue weighted by Gasteiger charge is -2.08. The van der Waals surface area contributed by atoms with Gasteiger partial charge in [0.05, 0.1) is 17.2 Å². The maximum Gasteiger partial charge on any atom is 0.252 e. The first-order chi connectivity index (χ1) is 10.1. The minimum Gasteiger partial charge on any atom is -0.392 e. The lowest BCUT2D eigenvalue weighted by molar-refractivity contribution is 0.0954. The standard InChI is InChI=1S/C17H18ClNO2/c1-12-3-2-4-15(16(12)18)17(21)19-10-9-13-5-7-14(11-20)8-6-13/h2-8,20H,9-11H2,1H3,(H,19,21). The van der Waals surface area contributed by atoms with Crippen LogP contribution in [0.2, 0.25) is 5.02 Å². The van der Waals surface area contributed by atoms with Gasteiger partial charge in [0.2, 0.25) is 0 Å². The van der Waals surface area contributed by atoms with Crippen LogP contribution in [0, 0.1) is 6.92 Å². The van der Waals surface area contributed by atoms with Crippen molar-refractivity contribution in [3.63, 3.8) is 0 Å². The van der Waals surface area contributed by atoms with Gasteiger partial charge in [0.15, 0.2) is 0 Å². The van der Waals surface area contributed by atoms with Gasteiger partial charge in [-0.3, -0.25) is 4.79 Å². The lowest BCUT2D eigenvalue weighted by Crippen LogP contribution is -2.26. The van der Waals surface area contributed by atoms with Gasteiger partial charge >= 0.3 is 0 Å². The van der Waals surface area contributed by atoms with Crippen molar-refractivity contribution in [3.8, 4) is 0 Å². The van der Waals surface area contributed by atoms with Crippen molar-refractivity contribution in [3.05, 3.63) is 69.7 Å². The van der Waals surface area contributed by atoms with Crippen molar-refractivity contribution in [2.24, 2.45) is 0 Å². The van der Waals surface area contributed by atoms with Gasteiger partial charge in [0.25, 0.3) is 5.91 Å². The first kappa shape index (κ1) is 15.5. The molecule has 4 heteroatoms. The minimum atomic E-state index is -0.157. The number of benzene rings is 2. The molecule has 0 saturated carbocycles. The Morgan fingerprint density at radius 2 is 1.81 bits per heavy atom. The van der Waals surface area contributed by atoms with Crippen molar-refractivity contribution in [1.82, 2.24) is 5.32 Å². The van der Waals surface area contributed by atoms with Gasteiger partial charge in [-0.25, -0.2) is 0 Å². The summed E-state index contributed by atoms with van der Waals surface area (Å²) >= 11 is 6.13. The Bertz CT molecular complexity index is 623. The molecule has 0 radical (unpaired) electrons. The highest BCUT2D eigenvalue weighted by molar-refractivity contribution is 6.34. The molecule has 0 atom stereocenters. The van der Waals surface area contributed by atoms with Crippen molar-refractivity contribution in [2.75, 3.05) is 6.54 Å². The molecule has 0 aliphatic carbocycles. The van der Waals surface area contributed by atoms with Gasteiger partial charge in [-0.15, -0.1) is 0 Å². The molecule has 0 saturated heterocycles. The summed E-state index contributed by atoms with van der Waals surface area (Å²) in [7, 11) is 0. The molecule has 3 nitrogen and oxygen atoms in total. The van der Waals surface area contributed by atoms with Gasteiger partial charge in [0, 0.05) is 6.54 Å². The maximum absolute atomic E-state index is 12.1. The summed E-state index contributed by atoms with van der Waals surface area (Å²) in [6.45, 7) is 2.46. The van der Waals surface area contributed by atoms with E-state index in [1.54, 1.807) is 6.07 Å². The van der Waals surface area contributed by atoms with Crippen LogP contribution >= 0.6 is 11.6 Å². The first-order valence-electron chi connectivity index (χ1n) is 6.84. The van der Waals surface area contributed by atoms with Crippen LogP contribution in [0.15, 0.2) is 42.5 Å². The number of aliphatic hydroxyl groups excluding tert-OH is 1. The Morgan fingerprint density at radius 1 is 1.14 bits per heavy atom. The van der Waals surface area contributed by atoms with Crippen LogP contribution in [-0.2, 0) is 13.0 Å². The second kappa shape index (κ2) is 7.25. The molecule has 2 N–H and O–H groups in total. The van der Waals surface area contributed by atoms with E-state index in [4.69, 9.17) is 16.7 Å². The Hall–Kier alpha value is -1.84. The van der Waals surface area contributed by atoms with Crippen LogP contribution < -0.4 is 5.32 Å². The molecule has 0 aliphatic heterocycles. The van der Waals surface area contributed by atoms with Crippen LogP contribution in [0.25, 0.3) is 0 Å². The number of aliphatic hydroxyl groups is 1. The normalized spacial score (nSPS) is 10.4. The van der Waals surface area contributed by atoms with E-state index in [2.05, 4.69) is 5.32 Å². The Balaban J connectivity index is 1.90. The van der Waals surface area contributed by atoms with Gasteiger partial charge in [0.1, 0.15) is 0 Å². The molecular formula is C17H18ClNO2. The monoisotopic (exact) mass is 303 g/mol. The zero-order valence-corrected chi connectivity index (χ0v) is 12.7. The van der Waals surface area contributed by atoms with Crippen molar-refractivity contribution in [2.45, 2.75) is 20.0 Å². The van der Waals surface area contributed by atoms with Gasteiger partial charge in [-0.2, -0.15) is 0 Å². The van der Waals surface area contributed by atoms with Gasteiger partial charge in [-0.05, 0) is 36.1 Å². The summed E-state index contributed by atoms with van der Waals surface area (Å²) in [5.41, 5.74) is 3.40. The molecule has 110 valence electrons. The molecule has 2 aromatic rings. The predicted octanol–water partition coefficient (Wildman–Crippen LogP) is 3.11. The highest BCUT2D eigenvalue weighted by atomic mass is 35.5. The topological polar surface area (TPSA) is 49.3 Å². The SMILES string of the molecule is Cc1cccc(C(=O)NCCc2ccc(CO)cc2)c1Cl. The fourth-order valence-corrected chi connectivity index (χ4v) is 2.26. The van der Waals surface area contributed by atoms with E-state index in [1.165, 1.54) is 0 Å². The highest BCUT2D eigenvalue weighted by Gasteiger charge is 2.10. The van der Waals surface area contributed by atoms with E-state index in [0.717, 1.165) is 23.1 Å². The number of halogens is 1. The summed E-state index contributed by atoms with van der Waals surface area (Å²) in [6.07, 6.45) is 0.737. The second-order valence-corrected chi connectivity index (χ2v) is 5.29. The quantitative estimate of drug-likeness (QED) is 0.891. The molecule has 2 aromatic carbocycles. The summed E-state index contributed by atoms with van der Waals surface area (Å²) in [6, 6.07) is 13.1. The third kappa shape index (κ3) is 4.06. The van der Waals surface area contributed by atoms with E-state index in [1.807, 2.05) is 43.3 Å². The number of hydrogen-bond donors (Lipinski definition) is 2. The Morgan fingerprint density at radius 3 is 2.48 bits per heavy atom. The first-order valence-corrected chi connectivity index (χ1v) is 7.21. The summed E-state index contributed by atoms with van der Waals surface area (Å²) < 4.78 is 0. The molecule has 0 heterocycles. The Labute approximate surface area is 129 Å². The van der Waals surface area contributed by atoms with Crippen molar-refractivity contribution >= 4 is 17.5 Å². The molecule has 21 heavy (non-hydrogen) atoms. The number of rotatable bonds is 5. The lowest BCUT2D eigenvalue weighted by atomic mass is 10.1. The summed E-state index contributed by atoms with van der Waals surface area (Å²) in [5, 5.41) is 12.4. The van der Waals surface area contributed by atoms with E-state index in [0.29, 0.717) is 17.1 Å². The van der Waals surface area contributed by atoms with Gasteiger partial charge in [-0.1, -0.05) is 48.0 Å². The maximum atomic E-state index is 12.1. The molecule has 2 rings (SSSR count). The molecule has 0 fully saturated rings. The zero-order valence-electron chi connectivity index (χ0n) is 11.9. The summed E-state index contributed by atoms with van der Waals surface area (Å²) in [5.74, 6) is -0.157. The largest absolute Gasteiger partial charge is 0.392 e.